The van der Waals surface area contributed by atoms with Crippen molar-refractivity contribution >= 4 is 6.09 Å². The van der Waals surface area contributed by atoms with Crippen LogP contribution >= 0.6 is 0 Å². The number of rotatable bonds is 1. The first-order valence-electron chi connectivity index (χ1n) is 7.51. The number of hydrogen-bond acceptors (Lipinski definition) is 3. The van der Waals surface area contributed by atoms with Crippen LogP contribution < -0.4 is 0 Å². The molecule has 0 unspecified atom stereocenters. The molecule has 2 rings (SSSR count). The van der Waals surface area contributed by atoms with E-state index < -0.39 is 5.60 Å². The number of carbonyl (C=O) groups is 1. The Hall–Kier alpha value is -0.770. The second-order valence-electron chi connectivity index (χ2n) is 6.75. The third kappa shape index (κ3) is 4.37. The topological polar surface area (TPSA) is 38.8 Å². The molecule has 0 aromatic rings. The maximum Gasteiger partial charge on any atom is 0.410 e. The Morgan fingerprint density at radius 3 is 2.11 bits per heavy atom. The summed E-state index contributed by atoms with van der Waals surface area (Å²) in [6, 6.07) is 0. The summed E-state index contributed by atoms with van der Waals surface area (Å²) in [5.41, 5.74) is -0.394. The van der Waals surface area contributed by atoms with Crippen LogP contribution in [0.25, 0.3) is 0 Å². The number of carbonyl (C=O) groups excluding carboxylic acids is 1. The van der Waals surface area contributed by atoms with Crippen LogP contribution in [0.5, 0.6) is 0 Å². The van der Waals surface area contributed by atoms with E-state index in [0.29, 0.717) is 0 Å². The summed E-state index contributed by atoms with van der Waals surface area (Å²) < 4.78 is 10.8. The van der Waals surface area contributed by atoms with E-state index in [0.717, 1.165) is 51.0 Å². The van der Waals surface area contributed by atoms with Gasteiger partial charge in [-0.1, -0.05) is 0 Å². The molecule has 19 heavy (non-hydrogen) atoms. The zero-order valence-corrected chi connectivity index (χ0v) is 12.5. The highest BCUT2D eigenvalue weighted by atomic mass is 16.6. The quantitative estimate of drug-likeness (QED) is 0.734. The molecule has 2 saturated heterocycles. The highest BCUT2D eigenvalue weighted by Crippen LogP contribution is 2.32. The number of hydrogen-bond donors (Lipinski definition) is 0. The smallest absolute Gasteiger partial charge is 0.410 e. The number of nitrogens with zero attached hydrogens (tertiary/aromatic N) is 1. The summed E-state index contributed by atoms with van der Waals surface area (Å²) in [5.74, 6) is 1.57. The van der Waals surface area contributed by atoms with Gasteiger partial charge in [0.1, 0.15) is 5.60 Å². The predicted molar refractivity (Wildman–Crippen MR) is 74.1 cm³/mol. The van der Waals surface area contributed by atoms with E-state index in [1.165, 1.54) is 12.8 Å². The van der Waals surface area contributed by atoms with Crippen molar-refractivity contribution in [1.29, 1.82) is 0 Å². The largest absolute Gasteiger partial charge is 0.444 e. The number of ether oxygens (including phenoxy) is 2. The molecule has 0 aromatic carbocycles. The van der Waals surface area contributed by atoms with Crippen LogP contribution in [0.4, 0.5) is 4.79 Å². The monoisotopic (exact) mass is 269 g/mol. The van der Waals surface area contributed by atoms with Gasteiger partial charge in [0.05, 0.1) is 0 Å². The Morgan fingerprint density at radius 1 is 1.05 bits per heavy atom. The van der Waals surface area contributed by atoms with Crippen molar-refractivity contribution in [2.75, 3.05) is 26.3 Å². The molecule has 0 aliphatic carbocycles. The van der Waals surface area contributed by atoms with Crippen LogP contribution in [0, 0.1) is 11.8 Å². The zero-order chi connectivity index (χ0) is 13.9. The molecular weight excluding hydrogens is 242 g/mol. The van der Waals surface area contributed by atoms with Crippen molar-refractivity contribution in [3.05, 3.63) is 0 Å². The van der Waals surface area contributed by atoms with Gasteiger partial charge >= 0.3 is 6.09 Å². The van der Waals surface area contributed by atoms with Crippen molar-refractivity contribution in [3.8, 4) is 0 Å². The first-order chi connectivity index (χ1) is 8.96. The first-order valence-corrected chi connectivity index (χ1v) is 7.51. The van der Waals surface area contributed by atoms with Crippen LogP contribution in [-0.2, 0) is 9.47 Å². The van der Waals surface area contributed by atoms with Gasteiger partial charge in [0.2, 0.25) is 0 Å². The molecule has 4 nitrogen and oxygen atoms in total. The highest BCUT2D eigenvalue weighted by Gasteiger charge is 2.31. The fraction of sp³-hybridized carbons (Fsp3) is 0.933. The fourth-order valence-electron chi connectivity index (χ4n) is 3.07. The molecule has 2 aliphatic heterocycles. The van der Waals surface area contributed by atoms with E-state index in [2.05, 4.69) is 0 Å². The SMILES string of the molecule is CC(C)(C)OC(=O)N1CCC(C2CCOCC2)CC1. The fourth-order valence-corrected chi connectivity index (χ4v) is 3.07. The van der Waals surface area contributed by atoms with E-state index in [1.807, 2.05) is 25.7 Å². The van der Waals surface area contributed by atoms with E-state index in [1.54, 1.807) is 0 Å². The van der Waals surface area contributed by atoms with Crippen molar-refractivity contribution < 1.29 is 14.3 Å². The average molecular weight is 269 g/mol. The van der Waals surface area contributed by atoms with E-state index in [4.69, 9.17) is 9.47 Å². The minimum atomic E-state index is -0.394. The summed E-state index contributed by atoms with van der Waals surface area (Å²) in [6.07, 6.45) is 4.46. The maximum atomic E-state index is 12.0. The summed E-state index contributed by atoms with van der Waals surface area (Å²) in [4.78, 5) is 13.8. The Balaban J connectivity index is 1.77. The third-order valence-electron chi connectivity index (χ3n) is 4.12. The molecule has 0 atom stereocenters. The van der Waals surface area contributed by atoms with E-state index in [9.17, 15) is 4.79 Å². The standard InChI is InChI=1S/C15H27NO3/c1-15(2,3)19-14(17)16-8-4-12(5-9-16)13-6-10-18-11-7-13/h12-13H,4-11H2,1-3H3. The molecule has 0 radical (unpaired) electrons. The van der Waals surface area contributed by atoms with Crippen molar-refractivity contribution in [2.45, 2.75) is 52.1 Å². The molecule has 1 amide bonds. The maximum absolute atomic E-state index is 12.0. The second-order valence-corrected chi connectivity index (χ2v) is 6.75. The van der Waals surface area contributed by atoms with Gasteiger partial charge < -0.3 is 14.4 Å². The molecule has 0 bridgehead atoms. The first kappa shape index (κ1) is 14.6. The Kier molecular flexibility index (Phi) is 4.71. The summed E-state index contributed by atoms with van der Waals surface area (Å²) in [6.45, 7) is 9.26. The van der Waals surface area contributed by atoms with E-state index >= 15 is 0 Å². The molecule has 2 heterocycles. The average Bonchev–Trinajstić information content (AvgIpc) is 2.38. The summed E-state index contributed by atoms with van der Waals surface area (Å²) in [7, 11) is 0. The number of likely N-dealkylation sites (tertiary alicyclic amines) is 1. The molecule has 0 saturated carbocycles. The van der Waals surface area contributed by atoms with Crippen molar-refractivity contribution in [1.82, 2.24) is 4.90 Å². The molecule has 0 aromatic heterocycles. The summed E-state index contributed by atoms with van der Waals surface area (Å²) >= 11 is 0. The normalized spacial score (nSPS) is 23.4. The van der Waals surface area contributed by atoms with Gasteiger partial charge in [-0.2, -0.15) is 0 Å². The van der Waals surface area contributed by atoms with Gasteiger partial charge in [-0.05, 0) is 58.3 Å². The Morgan fingerprint density at radius 2 is 1.58 bits per heavy atom. The van der Waals surface area contributed by atoms with Crippen LogP contribution in [-0.4, -0.2) is 42.9 Å². The highest BCUT2D eigenvalue weighted by molar-refractivity contribution is 5.68. The van der Waals surface area contributed by atoms with Crippen LogP contribution in [0.1, 0.15) is 46.5 Å². The molecule has 110 valence electrons. The van der Waals surface area contributed by atoms with Crippen molar-refractivity contribution in [2.24, 2.45) is 11.8 Å². The number of amides is 1. The van der Waals surface area contributed by atoms with Gasteiger partial charge in [0, 0.05) is 26.3 Å². The van der Waals surface area contributed by atoms with Gasteiger partial charge in [-0.15, -0.1) is 0 Å². The lowest BCUT2D eigenvalue weighted by Gasteiger charge is -2.38. The molecule has 0 spiro atoms. The Labute approximate surface area is 116 Å². The third-order valence-corrected chi connectivity index (χ3v) is 4.12. The van der Waals surface area contributed by atoms with Crippen LogP contribution in [0.3, 0.4) is 0 Å². The molecule has 0 N–H and O–H groups in total. The van der Waals surface area contributed by atoms with Crippen LogP contribution in [0.15, 0.2) is 0 Å². The zero-order valence-electron chi connectivity index (χ0n) is 12.5. The van der Waals surface area contributed by atoms with E-state index in [-0.39, 0.29) is 6.09 Å². The lowest BCUT2D eigenvalue weighted by molar-refractivity contribution is 0.00567. The van der Waals surface area contributed by atoms with Gasteiger partial charge in [-0.25, -0.2) is 4.79 Å². The molecule has 2 aliphatic rings. The molecule has 2 fully saturated rings. The predicted octanol–water partition coefficient (Wildman–Crippen LogP) is 3.06. The lowest BCUT2D eigenvalue weighted by Crippen LogP contribution is -2.43. The molecular formula is C15H27NO3. The minimum Gasteiger partial charge on any atom is -0.444 e. The lowest BCUT2D eigenvalue weighted by atomic mass is 9.80. The molecule has 4 heteroatoms. The minimum absolute atomic E-state index is 0.155. The van der Waals surface area contributed by atoms with Gasteiger partial charge in [0.15, 0.2) is 0 Å². The van der Waals surface area contributed by atoms with Gasteiger partial charge in [-0.3, -0.25) is 0 Å². The van der Waals surface area contributed by atoms with Crippen LogP contribution in [0.2, 0.25) is 0 Å². The summed E-state index contributed by atoms with van der Waals surface area (Å²) in [5, 5.41) is 0. The Bertz CT molecular complexity index is 297. The van der Waals surface area contributed by atoms with Gasteiger partial charge in [0.25, 0.3) is 0 Å². The number of piperidine rings is 1. The second kappa shape index (κ2) is 6.12. The van der Waals surface area contributed by atoms with Crippen molar-refractivity contribution in [3.63, 3.8) is 0 Å².